The first-order chi connectivity index (χ1) is 9.16. The standard InChI is InChI=1S/C13H16ClN3O2/c14-12-6-8(9(15)7-16-12)13(18)17-4-5-19-11-3-1-2-10(11)17/h6-7,10-11H,1-5,15H2. The molecule has 2 fully saturated rings. The van der Waals surface area contributed by atoms with Gasteiger partial charge in [-0.15, -0.1) is 0 Å². The van der Waals surface area contributed by atoms with Crippen LogP contribution in [0.4, 0.5) is 5.69 Å². The quantitative estimate of drug-likeness (QED) is 0.796. The van der Waals surface area contributed by atoms with Crippen LogP contribution in [0.2, 0.25) is 5.15 Å². The van der Waals surface area contributed by atoms with E-state index in [4.69, 9.17) is 22.1 Å². The minimum atomic E-state index is -0.0676. The van der Waals surface area contributed by atoms with Gasteiger partial charge in [-0.2, -0.15) is 0 Å². The Morgan fingerprint density at radius 3 is 3.21 bits per heavy atom. The summed E-state index contributed by atoms with van der Waals surface area (Å²) < 4.78 is 5.71. The lowest BCUT2D eigenvalue weighted by Crippen LogP contribution is -2.51. The summed E-state index contributed by atoms with van der Waals surface area (Å²) in [4.78, 5) is 18.4. The summed E-state index contributed by atoms with van der Waals surface area (Å²) in [7, 11) is 0. The number of anilines is 1. The fourth-order valence-corrected chi connectivity index (χ4v) is 3.12. The Hall–Kier alpha value is -1.33. The van der Waals surface area contributed by atoms with Crippen LogP contribution in [-0.2, 0) is 4.74 Å². The third kappa shape index (κ3) is 2.28. The van der Waals surface area contributed by atoms with Gasteiger partial charge in [0.05, 0.1) is 36.2 Å². The Morgan fingerprint density at radius 1 is 1.53 bits per heavy atom. The number of nitrogens with zero attached hydrogens (tertiary/aromatic N) is 2. The van der Waals surface area contributed by atoms with Gasteiger partial charge < -0.3 is 15.4 Å². The number of nitrogens with two attached hydrogens (primary N) is 1. The molecular formula is C13H16ClN3O2. The molecule has 0 radical (unpaired) electrons. The molecule has 1 aliphatic carbocycles. The molecule has 5 nitrogen and oxygen atoms in total. The molecule has 2 N–H and O–H groups in total. The van der Waals surface area contributed by atoms with Gasteiger partial charge in [-0.3, -0.25) is 4.79 Å². The number of fused-ring (bicyclic) bond motifs is 1. The van der Waals surface area contributed by atoms with Gasteiger partial charge in [-0.1, -0.05) is 11.6 Å². The summed E-state index contributed by atoms with van der Waals surface area (Å²) in [5.41, 5.74) is 6.64. The summed E-state index contributed by atoms with van der Waals surface area (Å²) in [6.07, 6.45) is 4.74. The first-order valence-electron chi connectivity index (χ1n) is 6.50. The van der Waals surface area contributed by atoms with Crippen molar-refractivity contribution in [3.8, 4) is 0 Å². The maximum atomic E-state index is 12.6. The maximum Gasteiger partial charge on any atom is 0.256 e. The number of amides is 1. The fourth-order valence-electron chi connectivity index (χ4n) is 2.96. The molecule has 2 aliphatic rings. The number of nitrogen functional groups attached to an aromatic ring is 1. The zero-order valence-electron chi connectivity index (χ0n) is 10.5. The molecule has 1 aromatic heterocycles. The number of carbonyl (C=O) groups excluding carboxylic acids is 1. The average Bonchev–Trinajstić information content (AvgIpc) is 2.89. The third-order valence-corrected chi connectivity index (χ3v) is 4.08. The molecule has 0 bridgehead atoms. The zero-order valence-corrected chi connectivity index (χ0v) is 11.3. The lowest BCUT2D eigenvalue weighted by molar-refractivity contribution is -0.0445. The molecule has 0 aromatic carbocycles. The zero-order chi connectivity index (χ0) is 13.4. The number of hydrogen-bond donors (Lipinski definition) is 1. The third-order valence-electron chi connectivity index (χ3n) is 3.87. The van der Waals surface area contributed by atoms with Gasteiger partial charge in [-0.25, -0.2) is 4.98 Å². The maximum absolute atomic E-state index is 12.6. The van der Waals surface area contributed by atoms with E-state index in [9.17, 15) is 4.79 Å². The Bertz CT molecular complexity index is 509. The lowest BCUT2D eigenvalue weighted by atomic mass is 10.1. The highest BCUT2D eigenvalue weighted by Gasteiger charge is 2.39. The topological polar surface area (TPSA) is 68.5 Å². The van der Waals surface area contributed by atoms with E-state index < -0.39 is 0 Å². The molecule has 3 rings (SSSR count). The lowest BCUT2D eigenvalue weighted by Gasteiger charge is -2.37. The molecule has 0 spiro atoms. The molecule has 2 atom stereocenters. The van der Waals surface area contributed by atoms with E-state index in [0.717, 1.165) is 19.3 Å². The fraction of sp³-hybridized carbons (Fsp3) is 0.538. The van der Waals surface area contributed by atoms with Gasteiger partial charge >= 0.3 is 0 Å². The van der Waals surface area contributed by atoms with E-state index in [1.807, 2.05) is 4.90 Å². The largest absolute Gasteiger partial charge is 0.397 e. The van der Waals surface area contributed by atoms with Gasteiger partial charge in [0.2, 0.25) is 0 Å². The smallest absolute Gasteiger partial charge is 0.256 e. The van der Waals surface area contributed by atoms with Crippen molar-refractivity contribution >= 4 is 23.2 Å². The highest BCUT2D eigenvalue weighted by Crippen LogP contribution is 2.31. The molecule has 1 saturated heterocycles. The van der Waals surface area contributed by atoms with Crippen LogP contribution in [0.1, 0.15) is 29.6 Å². The van der Waals surface area contributed by atoms with Crippen LogP contribution in [0.25, 0.3) is 0 Å². The van der Waals surface area contributed by atoms with Gasteiger partial charge in [-0.05, 0) is 25.3 Å². The van der Waals surface area contributed by atoms with Gasteiger partial charge in [0.25, 0.3) is 5.91 Å². The van der Waals surface area contributed by atoms with Crippen LogP contribution in [0.3, 0.4) is 0 Å². The minimum Gasteiger partial charge on any atom is -0.397 e. The predicted octanol–water partition coefficient (Wildman–Crippen LogP) is 1.71. The number of morpholine rings is 1. The summed E-state index contributed by atoms with van der Waals surface area (Å²) >= 11 is 5.85. The highest BCUT2D eigenvalue weighted by molar-refractivity contribution is 6.29. The van der Waals surface area contributed by atoms with Crippen LogP contribution >= 0.6 is 11.6 Å². The molecule has 6 heteroatoms. The van der Waals surface area contributed by atoms with Gasteiger partial charge in [0, 0.05) is 6.54 Å². The van der Waals surface area contributed by atoms with E-state index >= 15 is 0 Å². The Morgan fingerprint density at radius 2 is 2.37 bits per heavy atom. The summed E-state index contributed by atoms with van der Waals surface area (Å²) in [5.74, 6) is -0.0676. The molecule has 2 heterocycles. The molecule has 2 unspecified atom stereocenters. The van der Waals surface area contributed by atoms with Crippen molar-refractivity contribution < 1.29 is 9.53 Å². The van der Waals surface area contributed by atoms with Gasteiger partial charge in [0.15, 0.2) is 0 Å². The predicted molar refractivity (Wildman–Crippen MR) is 72.1 cm³/mol. The van der Waals surface area contributed by atoms with Crippen LogP contribution in [0.5, 0.6) is 0 Å². The summed E-state index contributed by atoms with van der Waals surface area (Å²) in [6.45, 7) is 1.20. The van der Waals surface area contributed by atoms with Crippen molar-refractivity contribution in [1.29, 1.82) is 0 Å². The second-order valence-corrected chi connectivity index (χ2v) is 5.39. The monoisotopic (exact) mass is 281 g/mol. The number of aromatic nitrogens is 1. The van der Waals surface area contributed by atoms with Crippen LogP contribution in [0.15, 0.2) is 12.3 Å². The first-order valence-corrected chi connectivity index (χ1v) is 6.88. The van der Waals surface area contributed by atoms with Crippen molar-refractivity contribution in [2.45, 2.75) is 31.4 Å². The van der Waals surface area contributed by atoms with Crippen molar-refractivity contribution in [1.82, 2.24) is 9.88 Å². The normalized spacial score (nSPS) is 26.3. The molecule has 1 aromatic rings. The second kappa shape index (κ2) is 4.98. The number of pyridine rings is 1. The molecule has 102 valence electrons. The Balaban J connectivity index is 1.88. The molecule has 1 amide bonds. The van der Waals surface area contributed by atoms with Gasteiger partial charge in [0.1, 0.15) is 5.15 Å². The molecule has 19 heavy (non-hydrogen) atoms. The van der Waals surface area contributed by atoms with Crippen molar-refractivity contribution in [2.75, 3.05) is 18.9 Å². The minimum absolute atomic E-state index is 0.0676. The van der Waals surface area contributed by atoms with E-state index in [1.54, 1.807) is 6.07 Å². The number of rotatable bonds is 1. The number of ether oxygens (including phenoxy) is 1. The van der Waals surface area contributed by atoms with Crippen LogP contribution in [-0.4, -0.2) is 41.1 Å². The first kappa shape index (κ1) is 12.7. The average molecular weight is 282 g/mol. The number of hydrogen-bond acceptors (Lipinski definition) is 4. The van der Waals surface area contributed by atoms with Crippen molar-refractivity contribution in [3.63, 3.8) is 0 Å². The van der Waals surface area contributed by atoms with Crippen LogP contribution < -0.4 is 5.73 Å². The van der Waals surface area contributed by atoms with Crippen molar-refractivity contribution in [2.24, 2.45) is 0 Å². The van der Waals surface area contributed by atoms with Crippen molar-refractivity contribution in [3.05, 3.63) is 23.0 Å². The Labute approximate surface area is 116 Å². The number of carbonyl (C=O) groups is 1. The van der Waals surface area contributed by atoms with E-state index in [2.05, 4.69) is 4.98 Å². The molecule has 1 aliphatic heterocycles. The van der Waals surface area contributed by atoms with E-state index in [-0.39, 0.29) is 23.2 Å². The Kier molecular flexibility index (Phi) is 3.33. The van der Waals surface area contributed by atoms with E-state index in [0.29, 0.717) is 24.4 Å². The second-order valence-electron chi connectivity index (χ2n) is 5.00. The summed E-state index contributed by atoms with van der Waals surface area (Å²) in [6, 6.07) is 1.71. The number of halogens is 1. The SMILES string of the molecule is Nc1cnc(Cl)cc1C(=O)N1CCOC2CCCC21. The summed E-state index contributed by atoms with van der Waals surface area (Å²) in [5, 5.41) is 0.286. The molecular weight excluding hydrogens is 266 g/mol. The van der Waals surface area contributed by atoms with E-state index in [1.165, 1.54) is 6.20 Å². The van der Waals surface area contributed by atoms with Crippen LogP contribution in [0, 0.1) is 0 Å². The highest BCUT2D eigenvalue weighted by atomic mass is 35.5. The molecule has 1 saturated carbocycles.